The SMILES string of the molecule is C=CCS(=O)(=O)C(C)C(=O)N(C)CCCC. The fraction of sp³-hybridized carbons (Fsp3) is 0.727. The number of hydrogen-bond donors (Lipinski definition) is 0. The van der Waals surface area contributed by atoms with Gasteiger partial charge in [0, 0.05) is 13.6 Å². The molecule has 94 valence electrons. The molecule has 0 radical (unpaired) electrons. The van der Waals surface area contributed by atoms with Gasteiger partial charge in [-0.15, -0.1) is 6.58 Å². The number of carbonyl (C=O) groups is 1. The zero-order valence-electron chi connectivity index (χ0n) is 10.3. The summed E-state index contributed by atoms with van der Waals surface area (Å²) < 4.78 is 23.3. The maximum atomic E-state index is 11.8. The van der Waals surface area contributed by atoms with Crippen LogP contribution in [0.2, 0.25) is 0 Å². The fourth-order valence-electron chi connectivity index (χ4n) is 1.28. The van der Waals surface area contributed by atoms with Gasteiger partial charge in [0.2, 0.25) is 5.91 Å². The second-order valence-electron chi connectivity index (χ2n) is 3.87. The molecule has 4 nitrogen and oxygen atoms in total. The number of rotatable bonds is 7. The van der Waals surface area contributed by atoms with Crippen molar-refractivity contribution in [2.24, 2.45) is 0 Å². The highest BCUT2D eigenvalue weighted by Crippen LogP contribution is 2.07. The monoisotopic (exact) mass is 247 g/mol. The summed E-state index contributed by atoms with van der Waals surface area (Å²) in [7, 11) is -1.75. The number of unbranched alkanes of at least 4 members (excludes halogenated alkanes) is 1. The van der Waals surface area contributed by atoms with Crippen molar-refractivity contribution in [2.45, 2.75) is 31.9 Å². The zero-order chi connectivity index (χ0) is 12.8. The summed E-state index contributed by atoms with van der Waals surface area (Å²) in [6.07, 6.45) is 3.17. The number of amides is 1. The molecular weight excluding hydrogens is 226 g/mol. The molecule has 5 heteroatoms. The summed E-state index contributed by atoms with van der Waals surface area (Å²) in [5.41, 5.74) is 0. The Balaban J connectivity index is 4.54. The third-order valence-corrected chi connectivity index (χ3v) is 4.44. The van der Waals surface area contributed by atoms with Crippen molar-refractivity contribution in [2.75, 3.05) is 19.3 Å². The highest BCUT2D eigenvalue weighted by molar-refractivity contribution is 7.92. The van der Waals surface area contributed by atoms with Gasteiger partial charge in [-0.05, 0) is 13.3 Å². The second-order valence-corrected chi connectivity index (χ2v) is 6.24. The molecule has 0 fully saturated rings. The quantitative estimate of drug-likeness (QED) is 0.636. The highest BCUT2D eigenvalue weighted by atomic mass is 32.2. The van der Waals surface area contributed by atoms with E-state index in [4.69, 9.17) is 0 Å². The molecular formula is C11H21NO3S. The molecule has 0 aromatic rings. The lowest BCUT2D eigenvalue weighted by atomic mass is 10.3. The molecule has 0 saturated heterocycles. The maximum Gasteiger partial charge on any atom is 0.240 e. The van der Waals surface area contributed by atoms with Crippen LogP contribution in [0.15, 0.2) is 12.7 Å². The molecule has 0 bridgehead atoms. The van der Waals surface area contributed by atoms with Gasteiger partial charge in [-0.3, -0.25) is 4.79 Å². The average Bonchev–Trinajstić information content (AvgIpc) is 2.23. The topological polar surface area (TPSA) is 54.5 Å². The second kappa shape index (κ2) is 6.68. The van der Waals surface area contributed by atoms with E-state index in [-0.39, 0.29) is 11.7 Å². The van der Waals surface area contributed by atoms with E-state index < -0.39 is 15.1 Å². The van der Waals surface area contributed by atoms with Gasteiger partial charge < -0.3 is 4.90 Å². The van der Waals surface area contributed by atoms with Crippen LogP contribution in [-0.2, 0) is 14.6 Å². The van der Waals surface area contributed by atoms with Crippen molar-refractivity contribution in [3.05, 3.63) is 12.7 Å². The molecule has 0 aliphatic heterocycles. The molecule has 0 heterocycles. The molecule has 0 aliphatic rings. The minimum atomic E-state index is -3.39. The Morgan fingerprint density at radius 3 is 2.50 bits per heavy atom. The van der Waals surface area contributed by atoms with Crippen LogP contribution < -0.4 is 0 Å². The van der Waals surface area contributed by atoms with Crippen LogP contribution in [0.25, 0.3) is 0 Å². The largest absolute Gasteiger partial charge is 0.345 e. The Morgan fingerprint density at radius 2 is 2.06 bits per heavy atom. The molecule has 16 heavy (non-hydrogen) atoms. The fourth-order valence-corrected chi connectivity index (χ4v) is 2.38. The highest BCUT2D eigenvalue weighted by Gasteiger charge is 2.28. The molecule has 0 saturated carbocycles. The summed E-state index contributed by atoms with van der Waals surface area (Å²) in [5.74, 6) is -0.489. The van der Waals surface area contributed by atoms with Crippen LogP contribution in [0.5, 0.6) is 0 Å². The Bertz CT molecular complexity index is 335. The van der Waals surface area contributed by atoms with Crippen molar-refractivity contribution in [1.82, 2.24) is 4.90 Å². The Kier molecular flexibility index (Phi) is 6.33. The summed E-state index contributed by atoms with van der Waals surface area (Å²) >= 11 is 0. The van der Waals surface area contributed by atoms with Crippen molar-refractivity contribution >= 4 is 15.7 Å². The standard InChI is InChI=1S/C11H21NO3S/c1-5-7-8-12(4)11(13)10(3)16(14,15)9-6-2/h6,10H,2,5,7-9H2,1,3-4H3. The number of hydrogen-bond acceptors (Lipinski definition) is 3. The van der Waals surface area contributed by atoms with Crippen molar-refractivity contribution in [3.8, 4) is 0 Å². The summed E-state index contributed by atoms with van der Waals surface area (Å²) in [4.78, 5) is 13.3. The van der Waals surface area contributed by atoms with Crippen molar-refractivity contribution in [1.29, 1.82) is 0 Å². The van der Waals surface area contributed by atoms with Crippen molar-refractivity contribution in [3.63, 3.8) is 0 Å². The first-order valence-electron chi connectivity index (χ1n) is 5.44. The third-order valence-electron chi connectivity index (χ3n) is 2.46. The van der Waals surface area contributed by atoms with Gasteiger partial charge in [0.05, 0.1) is 5.75 Å². The van der Waals surface area contributed by atoms with E-state index >= 15 is 0 Å². The molecule has 1 unspecified atom stereocenters. The Morgan fingerprint density at radius 1 is 1.50 bits per heavy atom. The lowest BCUT2D eigenvalue weighted by Crippen LogP contribution is -2.40. The zero-order valence-corrected chi connectivity index (χ0v) is 11.1. The van der Waals surface area contributed by atoms with Crippen LogP contribution in [0.3, 0.4) is 0 Å². The molecule has 0 rings (SSSR count). The van der Waals surface area contributed by atoms with Crippen LogP contribution in [0, 0.1) is 0 Å². The average molecular weight is 247 g/mol. The first kappa shape index (κ1) is 15.2. The van der Waals surface area contributed by atoms with E-state index in [1.807, 2.05) is 6.92 Å². The summed E-state index contributed by atoms with van der Waals surface area (Å²) in [5, 5.41) is -0.979. The number of sulfone groups is 1. The predicted molar refractivity (Wildman–Crippen MR) is 66.0 cm³/mol. The van der Waals surface area contributed by atoms with Gasteiger partial charge in [0.25, 0.3) is 0 Å². The van der Waals surface area contributed by atoms with E-state index in [2.05, 4.69) is 6.58 Å². The third kappa shape index (κ3) is 4.35. The van der Waals surface area contributed by atoms with Gasteiger partial charge in [0.15, 0.2) is 9.84 Å². The van der Waals surface area contributed by atoms with E-state index in [1.165, 1.54) is 17.9 Å². The molecule has 0 spiro atoms. The van der Waals surface area contributed by atoms with E-state index in [9.17, 15) is 13.2 Å². The van der Waals surface area contributed by atoms with Gasteiger partial charge in [-0.2, -0.15) is 0 Å². The van der Waals surface area contributed by atoms with E-state index in [1.54, 1.807) is 7.05 Å². The van der Waals surface area contributed by atoms with E-state index in [0.717, 1.165) is 12.8 Å². The summed E-state index contributed by atoms with van der Waals surface area (Å²) in [6.45, 7) is 7.44. The van der Waals surface area contributed by atoms with E-state index in [0.29, 0.717) is 6.54 Å². The van der Waals surface area contributed by atoms with Gasteiger partial charge in [0.1, 0.15) is 5.25 Å². The maximum absolute atomic E-state index is 11.8. The van der Waals surface area contributed by atoms with Gasteiger partial charge in [-0.25, -0.2) is 8.42 Å². The van der Waals surface area contributed by atoms with Crippen LogP contribution in [0.1, 0.15) is 26.7 Å². The minimum absolute atomic E-state index is 0.151. The minimum Gasteiger partial charge on any atom is -0.345 e. The molecule has 0 aromatic heterocycles. The van der Waals surface area contributed by atoms with Gasteiger partial charge in [-0.1, -0.05) is 19.4 Å². The Hall–Kier alpha value is -0.840. The molecule has 1 amide bonds. The summed E-state index contributed by atoms with van der Waals surface area (Å²) in [6, 6.07) is 0. The van der Waals surface area contributed by atoms with Crippen LogP contribution in [0.4, 0.5) is 0 Å². The van der Waals surface area contributed by atoms with Crippen molar-refractivity contribution < 1.29 is 13.2 Å². The molecule has 1 atom stereocenters. The molecule has 0 aliphatic carbocycles. The normalized spacial score (nSPS) is 13.2. The first-order chi connectivity index (χ1) is 7.36. The van der Waals surface area contributed by atoms with Crippen LogP contribution >= 0.6 is 0 Å². The lowest BCUT2D eigenvalue weighted by molar-refractivity contribution is -0.129. The van der Waals surface area contributed by atoms with Crippen LogP contribution in [-0.4, -0.2) is 43.8 Å². The Labute approximate surface area is 98.2 Å². The first-order valence-corrected chi connectivity index (χ1v) is 7.15. The molecule has 0 aromatic carbocycles. The van der Waals surface area contributed by atoms with Gasteiger partial charge >= 0.3 is 0 Å². The number of carbonyl (C=O) groups excluding carboxylic acids is 1. The lowest BCUT2D eigenvalue weighted by Gasteiger charge is -2.20. The molecule has 0 N–H and O–H groups in total. The predicted octanol–water partition coefficient (Wildman–Crippen LogP) is 1.23. The number of nitrogens with zero attached hydrogens (tertiary/aromatic N) is 1. The smallest absolute Gasteiger partial charge is 0.240 e.